The molecule has 4 nitrogen and oxygen atoms in total. The molecule has 2 heterocycles. The third-order valence-electron chi connectivity index (χ3n) is 2.24. The molecule has 2 rings (SSSR count). The summed E-state index contributed by atoms with van der Waals surface area (Å²) in [5.74, 6) is 1.53. The van der Waals surface area contributed by atoms with Crippen LogP contribution in [-0.4, -0.2) is 30.2 Å². The molecule has 1 aromatic heterocycles. The highest BCUT2D eigenvalue weighted by molar-refractivity contribution is 5.32. The fraction of sp³-hybridized carbons (Fsp3) is 0.556. The van der Waals surface area contributed by atoms with E-state index in [4.69, 9.17) is 4.74 Å². The molecular weight excluding hydrogens is 166 g/mol. The van der Waals surface area contributed by atoms with E-state index in [-0.39, 0.29) is 0 Å². The zero-order valence-electron chi connectivity index (χ0n) is 7.73. The van der Waals surface area contributed by atoms with Gasteiger partial charge in [0.1, 0.15) is 0 Å². The largest absolute Gasteiger partial charge is 0.494 e. The number of ether oxygens (including phenoxy) is 1. The number of methoxy groups -OCH3 is 1. The number of hydrogen-bond acceptors (Lipinski definition) is 4. The summed E-state index contributed by atoms with van der Waals surface area (Å²) in [6, 6.07) is 0. The summed E-state index contributed by atoms with van der Waals surface area (Å²) in [6.07, 6.45) is 5.91. The van der Waals surface area contributed by atoms with Gasteiger partial charge in [0.05, 0.1) is 19.5 Å². The number of nitrogens with zero attached hydrogens (tertiary/aromatic N) is 3. The van der Waals surface area contributed by atoms with Crippen molar-refractivity contribution in [2.24, 2.45) is 0 Å². The summed E-state index contributed by atoms with van der Waals surface area (Å²) >= 11 is 0. The highest BCUT2D eigenvalue weighted by atomic mass is 16.5. The molecule has 1 saturated heterocycles. The topological polar surface area (TPSA) is 38.2 Å². The number of anilines is 1. The maximum Gasteiger partial charge on any atom is 0.225 e. The first-order valence-electron chi connectivity index (χ1n) is 4.51. The van der Waals surface area contributed by atoms with Gasteiger partial charge in [-0.3, -0.25) is 0 Å². The Labute approximate surface area is 77.6 Å². The Kier molecular flexibility index (Phi) is 2.29. The molecule has 0 aromatic carbocycles. The van der Waals surface area contributed by atoms with Crippen molar-refractivity contribution in [2.45, 2.75) is 12.8 Å². The van der Waals surface area contributed by atoms with Crippen LogP contribution in [0.25, 0.3) is 0 Å². The summed E-state index contributed by atoms with van der Waals surface area (Å²) in [5.41, 5.74) is 0. The zero-order chi connectivity index (χ0) is 9.10. The van der Waals surface area contributed by atoms with Crippen LogP contribution in [0.15, 0.2) is 12.4 Å². The Balaban J connectivity index is 2.12. The number of rotatable bonds is 2. The first-order chi connectivity index (χ1) is 6.40. The van der Waals surface area contributed by atoms with Crippen LogP contribution in [-0.2, 0) is 0 Å². The molecule has 1 fully saturated rings. The SMILES string of the molecule is COc1cnc(N2CCCC2)nc1. The molecule has 0 spiro atoms. The smallest absolute Gasteiger partial charge is 0.225 e. The second-order valence-electron chi connectivity index (χ2n) is 3.12. The summed E-state index contributed by atoms with van der Waals surface area (Å²) in [4.78, 5) is 10.6. The van der Waals surface area contributed by atoms with Crippen LogP contribution in [0.2, 0.25) is 0 Å². The van der Waals surface area contributed by atoms with Gasteiger partial charge in [0.2, 0.25) is 5.95 Å². The van der Waals surface area contributed by atoms with E-state index in [0.717, 1.165) is 19.0 Å². The van der Waals surface area contributed by atoms with Gasteiger partial charge in [0, 0.05) is 13.1 Å². The molecule has 0 bridgehead atoms. The van der Waals surface area contributed by atoms with Crippen LogP contribution in [0.5, 0.6) is 5.75 Å². The molecule has 4 heteroatoms. The van der Waals surface area contributed by atoms with Gasteiger partial charge >= 0.3 is 0 Å². The van der Waals surface area contributed by atoms with Crippen molar-refractivity contribution in [1.29, 1.82) is 0 Å². The lowest BCUT2D eigenvalue weighted by Crippen LogP contribution is -2.20. The Morgan fingerprint density at radius 2 is 1.85 bits per heavy atom. The van der Waals surface area contributed by atoms with E-state index >= 15 is 0 Å². The van der Waals surface area contributed by atoms with E-state index in [9.17, 15) is 0 Å². The first-order valence-corrected chi connectivity index (χ1v) is 4.51. The molecular formula is C9H13N3O. The Morgan fingerprint density at radius 1 is 1.23 bits per heavy atom. The average molecular weight is 179 g/mol. The van der Waals surface area contributed by atoms with Gasteiger partial charge in [0.25, 0.3) is 0 Å². The molecule has 0 radical (unpaired) electrons. The normalized spacial score (nSPS) is 16.2. The maximum absolute atomic E-state index is 4.99. The minimum atomic E-state index is 0.711. The van der Waals surface area contributed by atoms with Crippen LogP contribution < -0.4 is 9.64 Å². The fourth-order valence-corrected chi connectivity index (χ4v) is 1.50. The molecule has 1 aliphatic heterocycles. The quantitative estimate of drug-likeness (QED) is 0.681. The lowest BCUT2D eigenvalue weighted by molar-refractivity contribution is 0.410. The monoisotopic (exact) mass is 179 g/mol. The van der Waals surface area contributed by atoms with E-state index < -0.39 is 0 Å². The zero-order valence-corrected chi connectivity index (χ0v) is 7.73. The third kappa shape index (κ3) is 1.71. The minimum Gasteiger partial charge on any atom is -0.494 e. The Bertz CT molecular complexity index is 267. The highest BCUT2D eigenvalue weighted by Gasteiger charge is 2.14. The number of aromatic nitrogens is 2. The van der Waals surface area contributed by atoms with E-state index in [1.54, 1.807) is 19.5 Å². The molecule has 70 valence electrons. The van der Waals surface area contributed by atoms with Crippen LogP contribution in [0.4, 0.5) is 5.95 Å². The number of hydrogen-bond donors (Lipinski definition) is 0. The summed E-state index contributed by atoms with van der Waals surface area (Å²) in [5, 5.41) is 0. The lowest BCUT2D eigenvalue weighted by atomic mass is 10.4. The molecule has 0 amide bonds. The van der Waals surface area contributed by atoms with Crippen molar-refractivity contribution in [3.05, 3.63) is 12.4 Å². The minimum absolute atomic E-state index is 0.711. The third-order valence-corrected chi connectivity index (χ3v) is 2.24. The van der Waals surface area contributed by atoms with Gasteiger partial charge in [-0.25, -0.2) is 9.97 Å². The first kappa shape index (κ1) is 8.29. The fourth-order valence-electron chi connectivity index (χ4n) is 1.50. The van der Waals surface area contributed by atoms with Crippen molar-refractivity contribution in [1.82, 2.24) is 9.97 Å². The van der Waals surface area contributed by atoms with Crippen LogP contribution in [0.3, 0.4) is 0 Å². The van der Waals surface area contributed by atoms with E-state index in [1.165, 1.54) is 12.8 Å². The van der Waals surface area contributed by atoms with Gasteiger partial charge in [0.15, 0.2) is 5.75 Å². The van der Waals surface area contributed by atoms with Gasteiger partial charge in [-0.2, -0.15) is 0 Å². The molecule has 1 aliphatic rings. The molecule has 0 N–H and O–H groups in total. The molecule has 13 heavy (non-hydrogen) atoms. The van der Waals surface area contributed by atoms with Gasteiger partial charge in [-0.05, 0) is 12.8 Å². The lowest BCUT2D eigenvalue weighted by Gasteiger charge is -2.14. The molecule has 0 saturated carbocycles. The standard InChI is InChI=1S/C9H13N3O/c1-13-8-6-10-9(11-7-8)12-4-2-3-5-12/h6-7H,2-5H2,1H3. The van der Waals surface area contributed by atoms with E-state index in [1.807, 2.05) is 0 Å². The molecule has 0 unspecified atom stereocenters. The summed E-state index contributed by atoms with van der Waals surface area (Å²) in [7, 11) is 1.62. The second-order valence-corrected chi connectivity index (χ2v) is 3.12. The maximum atomic E-state index is 4.99. The van der Waals surface area contributed by atoms with Crippen LogP contribution in [0.1, 0.15) is 12.8 Å². The molecule has 1 aromatic rings. The van der Waals surface area contributed by atoms with Crippen molar-refractivity contribution >= 4 is 5.95 Å². The van der Waals surface area contributed by atoms with Crippen LogP contribution in [0, 0.1) is 0 Å². The summed E-state index contributed by atoms with van der Waals surface area (Å²) < 4.78 is 4.99. The van der Waals surface area contributed by atoms with Crippen molar-refractivity contribution < 1.29 is 4.74 Å². The van der Waals surface area contributed by atoms with E-state index in [0.29, 0.717) is 5.75 Å². The van der Waals surface area contributed by atoms with Gasteiger partial charge in [-0.1, -0.05) is 0 Å². The van der Waals surface area contributed by atoms with Crippen LogP contribution >= 0.6 is 0 Å². The molecule has 0 aliphatic carbocycles. The Morgan fingerprint density at radius 3 is 2.38 bits per heavy atom. The van der Waals surface area contributed by atoms with Crippen molar-refractivity contribution in [3.8, 4) is 5.75 Å². The summed E-state index contributed by atoms with van der Waals surface area (Å²) in [6.45, 7) is 2.15. The predicted octanol–water partition coefficient (Wildman–Crippen LogP) is 1.09. The van der Waals surface area contributed by atoms with Crippen molar-refractivity contribution in [3.63, 3.8) is 0 Å². The van der Waals surface area contributed by atoms with Gasteiger partial charge in [-0.15, -0.1) is 0 Å². The predicted molar refractivity (Wildman–Crippen MR) is 50.0 cm³/mol. The highest BCUT2D eigenvalue weighted by Crippen LogP contribution is 2.16. The average Bonchev–Trinajstić information content (AvgIpc) is 2.71. The van der Waals surface area contributed by atoms with Crippen molar-refractivity contribution in [2.75, 3.05) is 25.1 Å². The Hall–Kier alpha value is -1.32. The second kappa shape index (κ2) is 3.60. The van der Waals surface area contributed by atoms with E-state index in [2.05, 4.69) is 14.9 Å². The van der Waals surface area contributed by atoms with Gasteiger partial charge < -0.3 is 9.64 Å². The molecule has 0 atom stereocenters.